The molecule has 0 radical (unpaired) electrons. The van der Waals surface area contributed by atoms with Crippen molar-refractivity contribution in [2.45, 2.75) is 26.3 Å². The Morgan fingerprint density at radius 3 is 2.68 bits per heavy atom. The zero-order chi connectivity index (χ0) is 14.4. The molecule has 0 spiro atoms. The van der Waals surface area contributed by atoms with Crippen molar-refractivity contribution in [3.63, 3.8) is 0 Å². The van der Waals surface area contributed by atoms with Crippen LogP contribution in [0.2, 0.25) is 0 Å². The first-order chi connectivity index (χ1) is 8.95. The lowest BCUT2D eigenvalue weighted by Crippen LogP contribution is -2.23. The van der Waals surface area contributed by atoms with Gasteiger partial charge in [0.25, 0.3) is 0 Å². The van der Waals surface area contributed by atoms with Gasteiger partial charge in [0.05, 0.1) is 13.0 Å². The normalized spacial score (nSPS) is 12.1. The third kappa shape index (κ3) is 4.56. The van der Waals surface area contributed by atoms with Crippen molar-refractivity contribution in [3.8, 4) is 5.75 Å². The Labute approximate surface area is 115 Å². The van der Waals surface area contributed by atoms with Gasteiger partial charge in [0.15, 0.2) is 0 Å². The van der Waals surface area contributed by atoms with Gasteiger partial charge in [0.2, 0.25) is 5.91 Å². The maximum Gasteiger partial charge on any atom is 0.225 e. The first-order valence-electron chi connectivity index (χ1n) is 6.56. The molecule has 4 nitrogen and oxygen atoms in total. The lowest BCUT2D eigenvalue weighted by Gasteiger charge is -2.17. The molecule has 106 valence electrons. The first kappa shape index (κ1) is 15.5. The molecular formula is C15H24N2O2. The molecular weight excluding hydrogens is 240 g/mol. The number of carbonyl (C=O) groups is 1. The van der Waals surface area contributed by atoms with Crippen LogP contribution in [0.5, 0.6) is 5.75 Å². The monoisotopic (exact) mass is 264 g/mol. The van der Waals surface area contributed by atoms with Gasteiger partial charge in [-0.1, -0.05) is 12.1 Å². The smallest absolute Gasteiger partial charge is 0.225 e. The van der Waals surface area contributed by atoms with Crippen LogP contribution >= 0.6 is 0 Å². The van der Waals surface area contributed by atoms with Crippen LogP contribution in [-0.2, 0) is 4.79 Å². The average Bonchev–Trinajstić information content (AvgIpc) is 2.37. The fraction of sp³-hybridized carbons (Fsp3) is 0.533. The lowest BCUT2D eigenvalue weighted by molar-refractivity contribution is -0.129. The minimum Gasteiger partial charge on any atom is -0.493 e. The highest BCUT2D eigenvalue weighted by molar-refractivity contribution is 5.75. The molecule has 1 unspecified atom stereocenters. The minimum atomic E-state index is 0.0795. The highest BCUT2D eigenvalue weighted by atomic mass is 16.5. The van der Waals surface area contributed by atoms with E-state index in [9.17, 15) is 4.79 Å². The minimum absolute atomic E-state index is 0.0795. The van der Waals surface area contributed by atoms with Crippen molar-refractivity contribution in [2.75, 3.05) is 27.7 Å². The second kappa shape index (κ2) is 7.14. The summed E-state index contributed by atoms with van der Waals surface area (Å²) < 4.78 is 5.77. The Balaban J connectivity index is 2.71. The maximum atomic E-state index is 11.5. The molecule has 1 N–H and O–H groups in total. The van der Waals surface area contributed by atoms with E-state index in [0.29, 0.717) is 13.0 Å². The predicted molar refractivity (Wildman–Crippen MR) is 77.5 cm³/mol. The lowest BCUT2D eigenvalue weighted by atomic mass is 10.1. The quantitative estimate of drug-likeness (QED) is 0.856. The van der Waals surface area contributed by atoms with E-state index in [4.69, 9.17) is 4.74 Å². The van der Waals surface area contributed by atoms with E-state index >= 15 is 0 Å². The van der Waals surface area contributed by atoms with Crippen molar-refractivity contribution in [1.82, 2.24) is 10.2 Å². The van der Waals surface area contributed by atoms with Gasteiger partial charge in [-0.3, -0.25) is 4.79 Å². The summed E-state index contributed by atoms with van der Waals surface area (Å²) >= 11 is 0. The molecule has 1 rings (SSSR count). The molecule has 0 aliphatic heterocycles. The molecule has 0 saturated heterocycles. The molecule has 0 bridgehead atoms. The van der Waals surface area contributed by atoms with Gasteiger partial charge in [0.1, 0.15) is 5.75 Å². The molecule has 1 aromatic rings. The maximum absolute atomic E-state index is 11.5. The van der Waals surface area contributed by atoms with Gasteiger partial charge in [-0.25, -0.2) is 0 Å². The van der Waals surface area contributed by atoms with E-state index in [1.165, 1.54) is 0 Å². The van der Waals surface area contributed by atoms with Crippen molar-refractivity contribution in [2.24, 2.45) is 0 Å². The fourth-order valence-corrected chi connectivity index (χ4v) is 1.75. The van der Waals surface area contributed by atoms with E-state index in [1.807, 2.05) is 20.0 Å². The molecule has 0 saturated carbocycles. The van der Waals surface area contributed by atoms with Crippen molar-refractivity contribution in [3.05, 3.63) is 29.3 Å². The van der Waals surface area contributed by atoms with Crippen LogP contribution in [0.4, 0.5) is 0 Å². The topological polar surface area (TPSA) is 41.6 Å². The number of carbonyl (C=O) groups excluding carboxylic acids is 1. The number of rotatable bonds is 6. The highest BCUT2D eigenvalue weighted by Gasteiger charge is 2.11. The predicted octanol–water partition coefficient (Wildman–Crippen LogP) is 2.13. The fourth-order valence-electron chi connectivity index (χ4n) is 1.75. The largest absolute Gasteiger partial charge is 0.493 e. The van der Waals surface area contributed by atoms with Crippen molar-refractivity contribution < 1.29 is 9.53 Å². The summed E-state index contributed by atoms with van der Waals surface area (Å²) in [6.07, 6.45) is 0.397. The average molecular weight is 264 g/mol. The molecule has 1 aromatic carbocycles. The van der Waals surface area contributed by atoms with Gasteiger partial charge in [-0.15, -0.1) is 0 Å². The highest BCUT2D eigenvalue weighted by Crippen LogP contribution is 2.26. The number of hydrogen-bond donors (Lipinski definition) is 1. The second-order valence-corrected chi connectivity index (χ2v) is 4.94. The number of benzene rings is 1. The summed E-state index contributed by atoms with van der Waals surface area (Å²) in [6, 6.07) is 6.38. The van der Waals surface area contributed by atoms with E-state index < -0.39 is 0 Å². The van der Waals surface area contributed by atoms with Gasteiger partial charge in [-0.2, -0.15) is 0 Å². The summed E-state index contributed by atoms with van der Waals surface area (Å²) in [7, 11) is 5.43. The summed E-state index contributed by atoms with van der Waals surface area (Å²) in [6.45, 7) is 4.53. The third-order valence-corrected chi connectivity index (χ3v) is 3.14. The summed E-state index contributed by atoms with van der Waals surface area (Å²) in [5.74, 6) is 0.935. The van der Waals surface area contributed by atoms with Crippen LogP contribution in [0.1, 0.15) is 30.5 Å². The summed E-state index contributed by atoms with van der Waals surface area (Å²) in [5, 5.41) is 3.20. The van der Waals surface area contributed by atoms with Crippen LogP contribution < -0.4 is 10.1 Å². The molecule has 4 heteroatoms. The van der Waals surface area contributed by atoms with Crippen LogP contribution in [0, 0.1) is 6.92 Å². The number of nitrogens with zero attached hydrogens (tertiary/aromatic N) is 1. The Morgan fingerprint density at radius 2 is 2.11 bits per heavy atom. The molecule has 0 fully saturated rings. The van der Waals surface area contributed by atoms with Gasteiger partial charge >= 0.3 is 0 Å². The molecule has 19 heavy (non-hydrogen) atoms. The second-order valence-electron chi connectivity index (χ2n) is 4.94. The first-order valence-corrected chi connectivity index (χ1v) is 6.56. The van der Waals surface area contributed by atoms with Crippen molar-refractivity contribution >= 4 is 5.91 Å². The zero-order valence-electron chi connectivity index (χ0n) is 12.5. The summed E-state index contributed by atoms with van der Waals surface area (Å²) in [4.78, 5) is 13.1. The molecule has 1 atom stereocenters. The Bertz CT molecular complexity index is 430. The van der Waals surface area contributed by atoms with Gasteiger partial charge in [-0.05, 0) is 32.5 Å². The van der Waals surface area contributed by atoms with Gasteiger partial charge < -0.3 is 15.0 Å². The van der Waals surface area contributed by atoms with E-state index in [1.54, 1.807) is 19.0 Å². The summed E-state index contributed by atoms with van der Waals surface area (Å²) in [5.41, 5.74) is 2.27. The SMILES string of the molecule is CNC(C)c1ccc(C)cc1OCCC(=O)N(C)C. The molecule has 0 aliphatic rings. The molecule has 0 aliphatic carbocycles. The van der Waals surface area contributed by atoms with Crippen LogP contribution in [-0.4, -0.2) is 38.6 Å². The zero-order valence-corrected chi connectivity index (χ0v) is 12.5. The van der Waals surface area contributed by atoms with Crippen LogP contribution in [0.3, 0.4) is 0 Å². The third-order valence-electron chi connectivity index (χ3n) is 3.14. The molecule has 1 amide bonds. The Kier molecular flexibility index (Phi) is 5.83. The molecule has 0 aromatic heterocycles. The van der Waals surface area contributed by atoms with Crippen LogP contribution in [0.25, 0.3) is 0 Å². The van der Waals surface area contributed by atoms with Gasteiger partial charge in [0, 0.05) is 25.7 Å². The number of hydrogen-bond acceptors (Lipinski definition) is 3. The Morgan fingerprint density at radius 1 is 1.42 bits per heavy atom. The Hall–Kier alpha value is -1.55. The number of nitrogens with one attached hydrogen (secondary N) is 1. The van der Waals surface area contributed by atoms with Crippen molar-refractivity contribution in [1.29, 1.82) is 0 Å². The number of ether oxygens (including phenoxy) is 1. The van der Waals surface area contributed by atoms with Crippen LogP contribution in [0.15, 0.2) is 18.2 Å². The molecule has 0 heterocycles. The van der Waals surface area contributed by atoms with E-state index in [-0.39, 0.29) is 11.9 Å². The number of aryl methyl sites for hydroxylation is 1. The van der Waals surface area contributed by atoms with E-state index in [2.05, 4.69) is 24.4 Å². The standard InChI is InChI=1S/C15H24N2O2/c1-11-6-7-13(12(2)16-3)14(10-11)19-9-8-15(18)17(4)5/h6-7,10,12,16H,8-9H2,1-5H3. The van der Waals surface area contributed by atoms with E-state index in [0.717, 1.165) is 16.9 Å². The number of amides is 1.